The number of primary amides is 1. The monoisotopic (exact) mass is 372 g/mol. The number of carbonyl (C=O) groups is 1. The summed E-state index contributed by atoms with van der Waals surface area (Å²) < 4.78 is 19.0. The van der Waals surface area contributed by atoms with Crippen LogP contribution in [0.5, 0.6) is 5.75 Å². The van der Waals surface area contributed by atoms with Crippen molar-refractivity contribution in [1.29, 1.82) is 0 Å². The van der Waals surface area contributed by atoms with Gasteiger partial charge in [-0.1, -0.05) is 30.3 Å². The van der Waals surface area contributed by atoms with Crippen LogP contribution in [0.1, 0.15) is 18.1 Å². The molecule has 0 heterocycles. The maximum absolute atomic E-state index is 13.7. The van der Waals surface area contributed by atoms with Gasteiger partial charge in [-0.15, -0.1) is 0 Å². The van der Waals surface area contributed by atoms with Gasteiger partial charge in [0.15, 0.2) is 12.6 Å². The largest absolute Gasteiger partial charge is 0.484 e. The van der Waals surface area contributed by atoms with E-state index in [9.17, 15) is 9.18 Å². The highest BCUT2D eigenvalue weighted by atomic mass is 19.1. The lowest BCUT2D eigenvalue weighted by Gasteiger charge is -2.12. The molecular weight excluding hydrogens is 347 g/mol. The first-order valence-corrected chi connectivity index (χ1v) is 8.84. The first-order valence-electron chi connectivity index (χ1n) is 8.84. The van der Waals surface area contributed by atoms with E-state index < -0.39 is 5.91 Å². The van der Waals surface area contributed by atoms with Crippen LogP contribution >= 0.6 is 0 Å². The van der Waals surface area contributed by atoms with E-state index in [0.717, 1.165) is 5.56 Å². The summed E-state index contributed by atoms with van der Waals surface area (Å²) in [5.41, 5.74) is 6.68. The standard InChI is InChI=1S/C20H25FN4O2/c1-2-23-20(24-11-10-16-7-3-4-9-18(16)21)25-13-15-6-5-8-17(12-15)27-14-19(22)26/h3-9,12H,2,10-11,13-14H2,1H3,(H2,22,26)(H2,23,24,25). The molecule has 0 bridgehead atoms. The third kappa shape index (κ3) is 7.35. The zero-order valence-electron chi connectivity index (χ0n) is 15.4. The van der Waals surface area contributed by atoms with Crippen LogP contribution in [0.4, 0.5) is 4.39 Å². The summed E-state index contributed by atoms with van der Waals surface area (Å²) in [6, 6.07) is 14.1. The molecule has 0 aromatic heterocycles. The highest BCUT2D eigenvalue weighted by Gasteiger charge is 2.03. The second-order valence-corrected chi connectivity index (χ2v) is 5.87. The van der Waals surface area contributed by atoms with E-state index in [4.69, 9.17) is 10.5 Å². The third-order valence-corrected chi connectivity index (χ3v) is 3.69. The third-order valence-electron chi connectivity index (χ3n) is 3.69. The van der Waals surface area contributed by atoms with Crippen molar-refractivity contribution >= 4 is 11.9 Å². The van der Waals surface area contributed by atoms with Gasteiger partial charge < -0.3 is 21.1 Å². The molecule has 7 heteroatoms. The van der Waals surface area contributed by atoms with Crippen molar-refractivity contribution in [3.63, 3.8) is 0 Å². The molecule has 2 aromatic carbocycles. The summed E-state index contributed by atoms with van der Waals surface area (Å²) in [4.78, 5) is 15.3. The van der Waals surface area contributed by atoms with Crippen molar-refractivity contribution < 1.29 is 13.9 Å². The van der Waals surface area contributed by atoms with E-state index >= 15 is 0 Å². The molecule has 0 atom stereocenters. The molecule has 144 valence electrons. The van der Waals surface area contributed by atoms with Crippen LogP contribution in [0.2, 0.25) is 0 Å². The van der Waals surface area contributed by atoms with Crippen molar-refractivity contribution in [2.45, 2.75) is 19.9 Å². The van der Waals surface area contributed by atoms with E-state index in [2.05, 4.69) is 15.6 Å². The van der Waals surface area contributed by atoms with Gasteiger partial charge in [0.2, 0.25) is 0 Å². The molecule has 0 saturated heterocycles. The Labute approximate surface area is 158 Å². The van der Waals surface area contributed by atoms with E-state index in [-0.39, 0.29) is 12.4 Å². The van der Waals surface area contributed by atoms with Crippen LogP contribution < -0.4 is 21.1 Å². The number of amides is 1. The van der Waals surface area contributed by atoms with Crippen LogP contribution in [0.25, 0.3) is 0 Å². The lowest BCUT2D eigenvalue weighted by Crippen LogP contribution is -2.38. The quantitative estimate of drug-likeness (QED) is 0.464. The second-order valence-electron chi connectivity index (χ2n) is 5.87. The fraction of sp³-hybridized carbons (Fsp3) is 0.300. The van der Waals surface area contributed by atoms with Gasteiger partial charge >= 0.3 is 0 Å². The lowest BCUT2D eigenvalue weighted by molar-refractivity contribution is -0.119. The van der Waals surface area contributed by atoms with Crippen molar-refractivity contribution in [1.82, 2.24) is 10.6 Å². The summed E-state index contributed by atoms with van der Waals surface area (Å²) in [6.45, 7) is 3.53. The van der Waals surface area contributed by atoms with Gasteiger partial charge in [-0.05, 0) is 42.7 Å². The number of aliphatic imine (C=N–C) groups is 1. The number of guanidine groups is 1. The molecule has 6 nitrogen and oxygen atoms in total. The highest BCUT2D eigenvalue weighted by Crippen LogP contribution is 2.14. The molecular formula is C20H25FN4O2. The van der Waals surface area contributed by atoms with Gasteiger partial charge in [0, 0.05) is 13.1 Å². The second kappa shape index (κ2) is 10.8. The number of rotatable bonds is 9. The van der Waals surface area contributed by atoms with Gasteiger partial charge in [0.25, 0.3) is 5.91 Å². The molecule has 2 aromatic rings. The van der Waals surface area contributed by atoms with Crippen LogP contribution in [-0.2, 0) is 17.8 Å². The average Bonchev–Trinajstić information content (AvgIpc) is 2.66. The van der Waals surface area contributed by atoms with Gasteiger partial charge in [0.05, 0.1) is 6.54 Å². The normalized spacial score (nSPS) is 11.1. The molecule has 4 N–H and O–H groups in total. The minimum absolute atomic E-state index is 0.160. The Morgan fingerprint density at radius 1 is 1.19 bits per heavy atom. The number of ether oxygens (including phenoxy) is 1. The van der Waals surface area contributed by atoms with Crippen molar-refractivity contribution in [3.8, 4) is 5.75 Å². The SMILES string of the molecule is CCNC(=NCc1cccc(OCC(N)=O)c1)NCCc1ccccc1F. The van der Waals surface area contributed by atoms with E-state index in [1.54, 1.807) is 18.2 Å². The molecule has 0 spiro atoms. The number of halogens is 1. The molecule has 0 aliphatic heterocycles. The molecule has 0 saturated carbocycles. The van der Waals surface area contributed by atoms with Gasteiger partial charge in [-0.25, -0.2) is 9.38 Å². The molecule has 0 fully saturated rings. The van der Waals surface area contributed by atoms with Crippen LogP contribution in [0, 0.1) is 5.82 Å². The Hall–Kier alpha value is -3.09. The molecule has 2 rings (SSSR count). The Balaban J connectivity index is 1.91. The van der Waals surface area contributed by atoms with Gasteiger partial charge in [0.1, 0.15) is 11.6 Å². The summed E-state index contributed by atoms with van der Waals surface area (Å²) in [5.74, 6) is 0.497. The molecule has 27 heavy (non-hydrogen) atoms. The summed E-state index contributed by atoms with van der Waals surface area (Å²) >= 11 is 0. The average molecular weight is 372 g/mol. The minimum atomic E-state index is -0.521. The first-order chi connectivity index (χ1) is 13.1. The number of carbonyl (C=O) groups excluding carboxylic acids is 1. The highest BCUT2D eigenvalue weighted by molar-refractivity contribution is 5.79. The van der Waals surface area contributed by atoms with E-state index in [1.807, 2.05) is 31.2 Å². The van der Waals surface area contributed by atoms with Gasteiger partial charge in [-0.2, -0.15) is 0 Å². The fourth-order valence-electron chi connectivity index (χ4n) is 2.42. The Morgan fingerprint density at radius 3 is 2.74 bits per heavy atom. The van der Waals surface area contributed by atoms with E-state index in [0.29, 0.717) is 43.3 Å². The summed E-state index contributed by atoms with van der Waals surface area (Å²) in [5, 5.41) is 6.36. The molecule has 0 aliphatic rings. The van der Waals surface area contributed by atoms with Crippen LogP contribution in [0.15, 0.2) is 53.5 Å². The first kappa shape index (κ1) is 20.2. The molecule has 0 unspecified atom stereocenters. The number of nitrogens with zero attached hydrogens (tertiary/aromatic N) is 1. The predicted octanol–water partition coefficient (Wildman–Crippen LogP) is 1.99. The maximum atomic E-state index is 13.7. The number of nitrogens with one attached hydrogen (secondary N) is 2. The van der Waals surface area contributed by atoms with Crippen molar-refractivity contribution in [2.24, 2.45) is 10.7 Å². The number of hydrogen-bond acceptors (Lipinski definition) is 3. The minimum Gasteiger partial charge on any atom is -0.484 e. The van der Waals surface area contributed by atoms with Crippen LogP contribution in [-0.4, -0.2) is 31.6 Å². The van der Waals surface area contributed by atoms with Crippen molar-refractivity contribution in [2.75, 3.05) is 19.7 Å². The number of benzene rings is 2. The maximum Gasteiger partial charge on any atom is 0.255 e. The Kier molecular flexibility index (Phi) is 8.09. The number of hydrogen-bond donors (Lipinski definition) is 3. The predicted molar refractivity (Wildman–Crippen MR) is 104 cm³/mol. The Bertz CT molecular complexity index is 780. The lowest BCUT2D eigenvalue weighted by atomic mass is 10.1. The number of nitrogens with two attached hydrogens (primary N) is 1. The Morgan fingerprint density at radius 2 is 2.00 bits per heavy atom. The van der Waals surface area contributed by atoms with Gasteiger partial charge in [-0.3, -0.25) is 4.79 Å². The topological polar surface area (TPSA) is 88.7 Å². The molecule has 0 aliphatic carbocycles. The molecule has 1 amide bonds. The van der Waals surface area contributed by atoms with Crippen LogP contribution in [0.3, 0.4) is 0 Å². The zero-order chi connectivity index (χ0) is 19.5. The fourth-order valence-corrected chi connectivity index (χ4v) is 2.42. The molecule has 0 radical (unpaired) electrons. The van der Waals surface area contributed by atoms with Crippen molar-refractivity contribution in [3.05, 3.63) is 65.5 Å². The smallest absolute Gasteiger partial charge is 0.255 e. The zero-order valence-corrected chi connectivity index (χ0v) is 15.4. The van der Waals surface area contributed by atoms with E-state index in [1.165, 1.54) is 6.07 Å². The summed E-state index contributed by atoms with van der Waals surface area (Å²) in [6.07, 6.45) is 0.563. The summed E-state index contributed by atoms with van der Waals surface area (Å²) in [7, 11) is 0.